The first kappa shape index (κ1) is 36.6. The van der Waals surface area contributed by atoms with Crippen LogP contribution in [0, 0.1) is 30.6 Å². The molecule has 2 nitrogen and oxygen atoms in total. The van der Waals surface area contributed by atoms with Gasteiger partial charge in [0.1, 0.15) is 0 Å². The normalized spacial score (nSPS) is 25.2. The molecule has 0 N–H and O–H groups in total. The molecule has 2 aliphatic heterocycles. The van der Waals surface area contributed by atoms with Crippen LogP contribution in [0.3, 0.4) is 0 Å². The summed E-state index contributed by atoms with van der Waals surface area (Å²) < 4.78 is 2.87. The summed E-state index contributed by atoms with van der Waals surface area (Å²) in [6.07, 6.45) is 11.3. The topological polar surface area (TPSA) is 6.48 Å². The van der Waals surface area contributed by atoms with Gasteiger partial charge < -0.3 is 9.80 Å². The number of thiophene rings is 1. The van der Waals surface area contributed by atoms with Crippen molar-refractivity contribution in [2.75, 3.05) is 9.80 Å². The lowest BCUT2D eigenvalue weighted by Gasteiger charge is -2.44. The smallest absolute Gasteiger partial charge is 0.264 e. The van der Waals surface area contributed by atoms with Gasteiger partial charge in [0.25, 0.3) is 6.71 Å². The first-order valence-electron chi connectivity index (χ1n) is 23.0. The van der Waals surface area contributed by atoms with Gasteiger partial charge in [-0.2, -0.15) is 0 Å². The van der Waals surface area contributed by atoms with E-state index in [1.54, 1.807) is 11.1 Å². The third-order valence-electron chi connectivity index (χ3n) is 16.2. The molecule has 4 aliphatic carbocycles. The molecule has 4 bridgehead atoms. The van der Waals surface area contributed by atoms with Crippen molar-refractivity contribution in [3.8, 4) is 0 Å². The number of anilines is 6. The average Bonchev–Trinajstić information content (AvgIpc) is 4.08. The third-order valence-corrected chi connectivity index (χ3v) is 17.4. The molecule has 6 aliphatic rings. The zero-order valence-corrected chi connectivity index (χ0v) is 37.1. The molecule has 12 rings (SSSR count). The lowest BCUT2D eigenvalue weighted by atomic mass is 9.36. The first-order chi connectivity index (χ1) is 28.4. The molecule has 6 atom stereocenters. The first-order valence-corrected chi connectivity index (χ1v) is 23.8. The number of aryl methyl sites for hydroxylation is 1. The Kier molecular flexibility index (Phi) is 7.98. The Morgan fingerprint density at radius 1 is 0.559 bits per heavy atom. The van der Waals surface area contributed by atoms with Crippen molar-refractivity contribution in [2.24, 2.45) is 23.7 Å². The summed E-state index contributed by atoms with van der Waals surface area (Å²) in [6, 6.07) is 39.6. The molecule has 4 fully saturated rings. The molecule has 0 saturated heterocycles. The molecule has 59 heavy (non-hydrogen) atoms. The molecule has 5 aromatic carbocycles. The number of rotatable bonds is 4. The minimum atomic E-state index is 0.0545. The van der Waals surface area contributed by atoms with Crippen molar-refractivity contribution < 1.29 is 0 Å². The minimum Gasteiger partial charge on any atom is -0.311 e. The number of hydrogen-bond acceptors (Lipinski definition) is 3. The summed E-state index contributed by atoms with van der Waals surface area (Å²) in [6.45, 7) is 16.5. The molecule has 0 spiro atoms. The quantitative estimate of drug-likeness (QED) is 0.164. The van der Waals surface area contributed by atoms with Gasteiger partial charge in [-0.25, -0.2) is 0 Å². The Morgan fingerprint density at radius 3 is 1.75 bits per heavy atom. The van der Waals surface area contributed by atoms with E-state index in [0.29, 0.717) is 5.92 Å². The maximum absolute atomic E-state index is 2.71. The number of fused-ring (bicyclic) bond motifs is 10. The number of benzene rings is 5. The SMILES string of the molecule is Cc1cc2c3c(c1)N(c1ccc(C(C)(C)C)cc1)c1c(sc4ccc(C(C)(C)C)cc14)B3c1cc(C3CC4CCC3C4)ccc1N2c1ccc(C2CC3CCC2C3)cc1. The zero-order chi connectivity index (χ0) is 40.1. The van der Waals surface area contributed by atoms with E-state index in [1.165, 1.54) is 128 Å². The van der Waals surface area contributed by atoms with Crippen LogP contribution in [0.2, 0.25) is 0 Å². The maximum Gasteiger partial charge on any atom is 0.264 e. The van der Waals surface area contributed by atoms with E-state index < -0.39 is 0 Å². The molecule has 3 heterocycles. The molecule has 1 aromatic heterocycles. The highest BCUT2D eigenvalue weighted by atomic mass is 32.1. The van der Waals surface area contributed by atoms with Gasteiger partial charge in [0.2, 0.25) is 0 Å². The van der Waals surface area contributed by atoms with Gasteiger partial charge in [0, 0.05) is 43.3 Å². The largest absolute Gasteiger partial charge is 0.311 e. The van der Waals surface area contributed by atoms with Gasteiger partial charge in [0.15, 0.2) is 0 Å². The Bertz CT molecular complexity index is 2660. The van der Waals surface area contributed by atoms with Crippen molar-refractivity contribution in [1.82, 2.24) is 0 Å². The van der Waals surface area contributed by atoms with Gasteiger partial charge in [-0.15, -0.1) is 11.3 Å². The van der Waals surface area contributed by atoms with Gasteiger partial charge >= 0.3 is 0 Å². The molecule has 4 heteroatoms. The molecular weight excluding hydrogens is 731 g/mol. The molecule has 0 amide bonds. The second-order valence-corrected chi connectivity index (χ2v) is 22.9. The van der Waals surface area contributed by atoms with Crippen LogP contribution in [-0.2, 0) is 10.8 Å². The van der Waals surface area contributed by atoms with Crippen molar-refractivity contribution in [3.05, 3.63) is 125 Å². The molecule has 6 unspecified atom stereocenters. The van der Waals surface area contributed by atoms with Gasteiger partial charge in [-0.05, 0) is 185 Å². The van der Waals surface area contributed by atoms with Gasteiger partial charge in [0.05, 0.1) is 5.69 Å². The summed E-state index contributed by atoms with van der Waals surface area (Å²) in [5, 5.41) is 1.38. The fourth-order valence-corrected chi connectivity index (χ4v) is 14.5. The van der Waals surface area contributed by atoms with Crippen LogP contribution in [0.15, 0.2) is 97.1 Å². The summed E-state index contributed by atoms with van der Waals surface area (Å²) in [5.41, 5.74) is 18.3. The van der Waals surface area contributed by atoms with Crippen molar-refractivity contribution in [3.63, 3.8) is 0 Å². The van der Waals surface area contributed by atoms with Crippen LogP contribution in [-0.4, -0.2) is 6.71 Å². The van der Waals surface area contributed by atoms with E-state index in [9.17, 15) is 0 Å². The Morgan fingerprint density at radius 2 is 1.14 bits per heavy atom. The summed E-state index contributed by atoms with van der Waals surface area (Å²) in [7, 11) is 0. The van der Waals surface area contributed by atoms with E-state index in [-0.39, 0.29) is 17.5 Å². The monoisotopic (exact) mass is 790 g/mol. The number of hydrogen-bond donors (Lipinski definition) is 0. The minimum absolute atomic E-state index is 0.0545. The van der Waals surface area contributed by atoms with E-state index in [4.69, 9.17) is 0 Å². The van der Waals surface area contributed by atoms with Crippen LogP contribution in [0.4, 0.5) is 34.1 Å². The van der Waals surface area contributed by atoms with E-state index in [1.807, 2.05) is 11.3 Å². The highest BCUT2D eigenvalue weighted by Gasteiger charge is 2.47. The molecular formula is C55H59BN2S. The van der Waals surface area contributed by atoms with Gasteiger partial charge in [-0.1, -0.05) is 96.8 Å². The average molecular weight is 791 g/mol. The van der Waals surface area contributed by atoms with Crippen LogP contribution in [0.25, 0.3) is 10.1 Å². The van der Waals surface area contributed by atoms with Crippen molar-refractivity contribution in [2.45, 2.75) is 122 Å². The van der Waals surface area contributed by atoms with Crippen LogP contribution in [0.5, 0.6) is 0 Å². The molecule has 4 saturated carbocycles. The van der Waals surface area contributed by atoms with Crippen LogP contribution < -0.4 is 25.5 Å². The maximum atomic E-state index is 2.71. The second kappa shape index (κ2) is 12.9. The fraction of sp³-hybridized carbons (Fsp3) is 0.418. The van der Waals surface area contributed by atoms with Crippen LogP contribution in [0.1, 0.15) is 133 Å². The summed E-state index contributed by atoms with van der Waals surface area (Å²) in [5.74, 6) is 5.01. The Hall–Kier alpha value is -4.28. The van der Waals surface area contributed by atoms with Crippen molar-refractivity contribution in [1.29, 1.82) is 0 Å². The Balaban J connectivity index is 1.10. The predicted octanol–water partition coefficient (Wildman–Crippen LogP) is 13.7. The Labute approximate surface area is 357 Å². The second-order valence-electron chi connectivity index (χ2n) is 21.9. The fourth-order valence-electron chi connectivity index (χ4n) is 13.2. The highest BCUT2D eigenvalue weighted by molar-refractivity contribution is 7.33. The highest BCUT2D eigenvalue weighted by Crippen LogP contribution is 2.55. The van der Waals surface area contributed by atoms with E-state index in [2.05, 4.69) is 155 Å². The standard InChI is InChI=1S/C55H59BN2S/c1-32-24-48-51-49(25-32)58(42-20-15-39(16-21-42)54(2,3)4)52-45-31-40(55(5,6)7)17-23-50(45)59-53(52)56(51)46-30-38(44-29-34-9-11-37(44)27-34)14-22-47(46)57(48)41-18-12-35(13-19-41)43-28-33-8-10-36(43)26-33/h12-25,30-31,33-34,36-37,43-44H,8-11,26-29H2,1-7H3. The third kappa shape index (κ3) is 5.63. The lowest BCUT2D eigenvalue weighted by molar-refractivity contribution is 0.420. The van der Waals surface area contributed by atoms with Crippen molar-refractivity contribution >= 4 is 78.0 Å². The molecule has 0 radical (unpaired) electrons. The predicted molar refractivity (Wildman–Crippen MR) is 254 cm³/mol. The summed E-state index contributed by atoms with van der Waals surface area (Å²) in [4.78, 5) is 5.32. The van der Waals surface area contributed by atoms with Crippen LogP contribution >= 0.6 is 11.3 Å². The zero-order valence-electron chi connectivity index (χ0n) is 36.2. The number of nitrogens with zero attached hydrogens (tertiary/aromatic N) is 2. The van der Waals surface area contributed by atoms with E-state index in [0.717, 1.165) is 29.6 Å². The van der Waals surface area contributed by atoms with E-state index >= 15 is 0 Å². The molecule has 298 valence electrons. The lowest BCUT2D eigenvalue weighted by Crippen LogP contribution is -2.60. The summed E-state index contributed by atoms with van der Waals surface area (Å²) >= 11 is 2.04. The van der Waals surface area contributed by atoms with Gasteiger partial charge in [-0.3, -0.25) is 0 Å². The molecule has 6 aromatic rings.